The molecule has 5 heteroatoms. The van der Waals surface area contributed by atoms with Crippen LogP contribution in [0.2, 0.25) is 0 Å². The van der Waals surface area contributed by atoms with Gasteiger partial charge in [-0.2, -0.15) is 0 Å². The third kappa shape index (κ3) is 4.48. The van der Waals surface area contributed by atoms with Crippen molar-refractivity contribution in [2.75, 3.05) is 0 Å². The molecule has 0 amide bonds. The molecule has 216 valence electrons. The van der Waals surface area contributed by atoms with E-state index in [1.807, 2.05) is 72.0 Å². The van der Waals surface area contributed by atoms with Crippen molar-refractivity contribution in [2.45, 2.75) is 0 Å². The van der Waals surface area contributed by atoms with Crippen LogP contribution in [0.1, 0.15) is 0 Å². The van der Waals surface area contributed by atoms with Crippen molar-refractivity contribution in [1.82, 2.24) is 19.5 Å². The van der Waals surface area contributed by atoms with Gasteiger partial charge in [0, 0.05) is 42.7 Å². The molecule has 0 aliphatic heterocycles. The summed E-state index contributed by atoms with van der Waals surface area (Å²) < 4.78 is 3.68. The Morgan fingerprint density at radius 2 is 0.957 bits per heavy atom. The van der Waals surface area contributed by atoms with Crippen molar-refractivity contribution < 1.29 is 0 Å². The molecule has 0 unspecified atom stereocenters. The monoisotopic (exact) mass is 606 g/mol. The van der Waals surface area contributed by atoms with E-state index in [0.29, 0.717) is 17.5 Å². The van der Waals surface area contributed by atoms with E-state index in [9.17, 15) is 0 Å². The maximum atomic E-state index is 4.93. The lowest BCUT2D eigenvalue weighted by molar-refractivity contribution is 1.07. The van der Waals surface area contributed by atoms with E-state index in [0.717, 1.165) is 22.4 Å². The molecule has 46 heavy (non-hydrogen) atoms. The minimum atomic E-state index is 0.648. The summed E-state index contributed by atoms with van der Waals surface area (Å²) in [6.07, 6.45) is 0. The summed E-state index contributed by atoms with van der Waals surface area (Å²) in [4.78, 5) is 16.0. The number of nitrogens with zero attached hydrogens (tertiary/aromatic N) is 4. The minimum Gasteiger partial charge on any atom is -0.309 e. The van der Waals surface area contributed by atoms with Crippen molar-refractivity contribution in [3.05, 3.63) is 158 Å². The zero-order valence-corrected chi connectivity index (χ0v) is 25.5. The van der Waals surface area contributed by atoms with Gasteiger partial charge < -0.3 is 4.57 Å². The molecular formula is C41H26N4S. The number of aromatic nitrogens is 4. The van der Waals surface area contributed by atoms with Gasteiger partial charge in [-0.3, -0.25) is 0 Å². The van der Waals surface area contributed by atoms with Gasteiger partial charge in [0.2, 0.25) is 0 Å². The zero-order chi connectivity index (χ0) is 30.5. The lowest BCUT2D eigenvalue weighted by Gasteiger charge is -2.11. The maximum absolute atomic E-state index is 4.93. The fourth-order valence-corrected chi connectivity index (χ4v) is 7.49. The van der Waals surface area contributed by atoms with Crippen LogP contribution in [-0.4, -0.2) is 19.5 Å². The Morgan fingerprint density at radius 1 is 0.435 bits per heavy atom. The molecule has 0 aliphatic rings. The Morgan fingerprint density at radius 3 is 1.57 bits per heavy atom. The minimum absolute atomic E-state index is 0.648. The highest BCUT2D eigenvalue weighted by Gasteiger charge is 2.18. The summed E-state index contributed by atoms with van der Waals surface area (Å²) in [5.41, 5.74) is 7.58. The van der Waals surface area contributed by atoms with E-state index < -0.39 is 0 Å². The van der Waals surface area contributed by atoms with Crippen molar-refractivity contribution in [1.29, 1.82) is 0 Å². The molecule has 0 fully saturated rings. The number of hydrogen-bond acceptors (Lipinski definition) is 4. The first-order valence-electron chi connectivity index (χ1n) is 15.3. The van der Waals surface area contributed by atoms with Crippen molar-refractivity contribution in [3.63, 3.8) is 0 Å². The molecule has 0 spiro atoms. The molecule has 6 aromatic carbocycles. The van der Waals surface area contributed by atoms with Gasteiger partial charge in [-0.05, 0) is 53.4 Å². The van der Waals surface area contributed by atoms with Crippen molar-refractivity contribution >= 4 is 43.2 Å². The quantitative estimate of drug-likeness (QED) is 0.196. The van der Waals surface area contributed by atoms with Crippen molar-refractivity contribution in [3.8, 4) is 50.3 Å². The summed E-state index contributed by atoms with van der Waals surface area (Å²) in [6.45, 7) is 0. The average Bonchev–Trinajstić information content (AvgIpc) is 3.72. The van der Waals surface area contributed by atoms with Crippen LogP contribution in [-0.2, 0) is 0 Å². The van der Waals surface area contributed by atoms with E-state index in [-0.39, 0.29) is 0 Å². The zero-order valence-electron chi connectivity index (χ0n) is 24.7. The molecule has 0 bridgehead atoms. The van der Waals surface area contributed by atoms with Crippen molar-refractivity contribution in [2.24, 2.45) is 0 Å². The summed E-state index contributed by atoms with van der Waals surface area (Å²) in [6, 6.07) is 54.9. The van der Waals surface area contributed by atoms with Crippen LogP contribution in [0.15, 0.2) is 158 Å². The highest BCUT2D eigenvalue weighted by Crippen LogP contribution is 2.42. The van der Waals surface area contributed by atoms with E-state index in [1.165, 1.54) is 42.3 Å². The maximum Gasteiger partial charge on any atom is 0.164 e. The third-order valence-corrected chi connectivity index (χ3v) is 9.68. The van der Waals surface area contributed by atoms with E-state index in [4.69, 9.17) is 15.0 Å². The molecule has 4 nitrogen and oxygen atoms in total. The Labute approximate surface area is 269 Å². The summed E-state index contributed by atoms with van der Waals surface area (Å²) in [5.74, 6) is 1.96. The average molecular weight is 607 g/mol. The lowest BCUT2D eigenvalue weighted by Crippen LogP contribution is -2.00. The summed E-state index contributed by atoms with van der Waals surface area (Å²) >= 11 is 1.87. The van der Waals surface area contributed by atoms with Crippen LogP contribution >= 0.6 is 11.3 Å². The molecule has 0 N–H and O–H groups in total. The SMILES string of the molecule is c1ccc(-c2nc(-c3ccccc3)nc(-c3ccc(-n4c5ccccc5c5c6sc(-c7ccccc7)cc6ccc54)cc3)n2)cc1. The molecule has 0 aliphatic carbocycles. The van der Waals surface area contributed by atoms with E-state index in [2.05, 4.69) is 102 Å². The topological polar surface area (TPSA) is 43.6 Å². The van der Waals surface area contributed by atoms with Gasteiger partial charge in [0.05, 0.1) is 11.0 Å². The van der Waals surface area contributed by atoms with Crippen LogP contribution < -0.4 is 0 Å². The second-order valence-electron chi connectivity index (χ2n) is 11.3. The van der Waals surface area contributed by atoms with Gasteiger partial charge in [-0.25, -0.2) is 15.0 Å². The number of rotatable bonds is 5. The molecule has 9 aromatic rings. The lowest BCUT2D eigenvalue weighted by atomic mass is 10.1. The molecule has 3 heterocycles. The second-order valence-corrected chi connectivity index (χ2v) is 12.3. The number of thiophene rings is 1. The fraction of sp³-hybridized carbons (Fsp3) is 0. The van der Waals surface area contributed by atoms with Gasteiger partial charge in [0.15, 0.2) is 17.5 Å². The molecule has 0 saturated heterocycles. The Bertz CT molecular complexity index is 2440. The Hall–Kier alpha value is -5.91. The largest absolute Gasteiger partial charge is 0.309 e. The van der Waals surface area contributed by atoms with Crippen LogP contribution in [0.25, 0.3) is 82.2 Å². The molecule has 0 saturated carbocycles. The normalized spacial score (nSPS) is 11.5. The van der Waals surface area contributed by atoms with Gasteiger partial charge in [-0.1, -0.05) is 115 Å². The summed E-state index contributed by atoms with van der Waals surface area (Å²) in [7, 11) is 0. The summed E-state index contributed by atoms with van der Waals surface area (Å²) in [5, 5.41) is 3.82. The highest BCUT2D eigenvalue weighted by molar-refractivity contribution is 7.23. The van der Waals surface area contributed by atoms with Gasteiger partial charge in [0.25, 0.3) is 0 Å². The van der Waals surface area contributed by atoms with Gasteiger partial charge >= 0.3 is 0 Å². The Balaban J connectivity index is 1.18. The molecule has 0 atom stereocenters. The van der Waals surface area contributed by atoms with Gasteiger partial charge in [-0.15, -0.1) is 11.3 Å². The van der Waals surface area contributed by atoms with Crippen LogP contribution in [0, 0.1) is 0 Å². The smallest absolute Gasteiger partial charge is 0.164 e. The van der Waals surface area contributed by atoms with Crippen LogP contribution in [0.3, 0.4) is 0 Å². The first kappa shape index (κ1) is 26.5. The third-order valence-electron chi connectivity index (χ3n) is 8.46. The number of benzene rings is 6. The van der Waals surface area contributed by atoms with E-state index in [1.54, 1.807) is 0 Å². The number of fused-ring (bicyclic) bond motifs is 5. The van der Waals surface area contributed by atoms with Crippen LogP contribution in [0.5, 0.6) is 0 Å². The predicted octanol–water partition coefficient (Wildman–Crippen LogP) is 10.9. The van der Waals surface area contributed by atoms with Gasteiger partial charge in [0.1, 0.15) is 0 Å². The molecule has 9 rings (SSSR count). The van der Waals surface area contributed by atoms with Crippen LogP contribution in [0.4, 0.5) is 0 Å². The highest BCUT2D eigenvalue weighted by atomic mass is 32.1. The second kappa shape index (κ2) is 10.9. The predicted molar refractivity (Wildman–Crippen MR) is 191 cm³/mol. The molecule has 3 aromatic heterocycles. The standard InChI is InChI=1S/C41H26N4S/c1-4-12-27(13-5-1)36-26-31-22-25-35-37(38(31)46-36)33-18-10-11-19-34(33)45(35)32-23-20-30(21-24-32)41-43-39(28-14-6-2-7-15-28)42-40(44-41)29-16-8-3-9-17-29/h1-26H. The Kier molecular flexibility index (Phi) is 6.28. The number of hydrogen-bond donors (Lipinski definition) is 0. The number of para-hydroxylation sites is 1. The first-order chi connectivity index (χ1) is 22.8. The van der Waals surface area contributed by atoms with E-state index >= 15 is 0 Å². The molecule has 0 radical (unpaired) electrons. The first-order valence-corrected chi connectivity index (χ1v) is 16.1. The molecular weight excluding hydrogens is 581 g/mol. The fourth-order valence-electron chi connectivity index (χ4n) is 6.27.